The molecule has 1 rings (SSSR count). The molecule has 1 aromatic carbocycles. The Morgan fingerprint density at radius 3 is 2.36 bits per heavy atom. The van der Waals surface area contributed by atoms with Crippen molar-refractivity contribution in [2.75, 3.05) is 26.6 Å². The number of carbonyl (C=O) groups excluding carboxylic acids is 1. The largest absolute Gasteiger partial charge is 0.493 e. The summed E-state index contributed by atoms with van der Waals surface area (Å²) in [6.45, 7) is 3.98. The summed E-state index contributed by atoms with van der Waals surface area (Å²) in [4.78, 5) is 12.0. The molecule has 0 unspecified atom stereocenters. The fourth-order valence-electron chi connectivity index (χ4n) is 2.22. The van der Waals surface area contributed by atoms with Crippen molar-refractivity contribution >= 4 is 17.7 Å². The SMILES string of the molecule is CCc1cc(OC)c(OC)c(CC)c1NC(=O)NC(=N)NC. The summed E-state index contributed by atoms with van der Waals surface area (Å²) >= 11 is 0. The first-order valence-electron chi connectivity index (χ1n) is 7.13. The lowest BCUT2D eigenvalue weighted by atomic mass is 10.0. The maximum Gasteiger partial charge on any atom is 0.326 e. The number of anilines is 1. The number of nitrogens with one attached hydrogen (secondary N) is 4. The number of aryl methyl sites for hydroxylation is 1. The molecule has 2 amide bonds. The smallest absolute Gasteiger partial charge is 0.326 e. The minimum atomic E-state index is -0.476. The van der Waals surface area contributed by atoms with Gasteiger partial charge in [0.05, 0.1) is 19.9 Å². The number of guanidine groups is 1. The van der Waals surface area contributed by atoms with Crippen molar-refractivity contribution < 1.29 is 14.3 Å². The maximum atomic E-state index is 12.0. The number of benzene rings is 1. The Labute approximate surface area is 130 Å². The van der Waals surface area contributed by atoms with Crippen LogP contribution in [0.4, 0.5) is 10.5 Å². The Morgan fingerprint density at radius 2 is 1.91 bits per heavy atom. The van der Waals surface area contributed by atoms with Gasteiger partial charge in [0.1, 0.15) is 0 Å². The lowest BCUT2D eigenvalue weighted by Gasteiger charge is -2.20. The Morgan fingerprint density at radius 1 is 1.23 bits per heavy atom. The lowest BCUT2D eigenvalue weighted by molar-refractivity contribution is 0.255. The molecular weight excluding hydrogens is 284 g/mol. The van der Waals surface area contributed by atoms with Crippen LogP contribution in [0.5, 0.6) is 11.5 Å². The molecule has 0 aliphatic heterocycles. The minimum absolute atomic E-state index is 0.0749. The highest BCUT2D eigenvalue weighted by Gasteiger charge is 2.19. The van der Waals surface area contributed by atoms with E-state index < -0.39 is 6.03 Å². The van der Waals surface area contributed by atoms with Crippen LogP contribution in [0, 0.1) is 5.41 Å². The van der Waals surface area contributed by atoms with Crippen molar-refractivity contribution in [1.29, 1.82) is 5.41 Å². The summed E-state index contributed by atoms with van der Waals surface area (Å²) in [6.07, 6.45) is 1.40. The number of rotatable bonds is 5. The highest BCUT2D eigenvalue weighted by molar-refractivity contribution is 6.02. The van der Waals surface area contributed by atoms with Crippen LogP contribution in [0.1, 0.15) is 25.0 Å². The van der Waals surface area contributed by atoms with E-state index in [1.165, 1.54) is 0 Å². The van der Waals surface area contributed by atoms with Gasteiger partial charge < -0.3 is 20.1 Å². The normalized spacial score (nSPS) is 9.86. The predicted molar refractivity (Wildman–Crippen MR) is 87.2 cm³/mol. The number of urea groups is 1. The minimum Gasteiger partial charge on any atom is -0.493 e. The van der Waals surface area contributed by atoms with Gasteiger partial charge in [0.15, 0.2) is 17.5 Å². The Bertz CT molecular complexity index is 558. The molecule has 122 valence electrons. The molecule has 0 aliphatic rings. The summed E-state index contributed by atoms with van der Waals surface area (Å²) < 4.78 is 10.8. The summed E-state index contributed by atoms with van der Waals surface area (Å²) in [7, 11) is 4.72. The highest BCUT2D eigenvalue weighted by atomic mass is 16.5. The average molecular weight is 308 g/mol. The van der Waals surface area contributed by atoms with Gasteiger partial charge in [-0.05, 0) is 24.5 Å². The second-order valence-electron chi connectivity index (χ2n) is 4.54. The van der Waals surface area contributed by atoms with Crippen LogP contribution in [-0.4, -0.2) is 33.3 Å². The average Bonchev–Trinajstić information content (AvgIpc) is 2.53. The van der Waals surface area contributed by atoms with E-state index in [4.69, 9.17) is 14.9 Å². The summed E-state index contributed by atoms with van der Waals surface area (Å²) in [6, 6.07) is 1.38. The number of hydrogen-bond donors (Lipinski definition) is 4. The molecule has 0 heterocycles. The molecule has 0 fully saturated rings. The molecule has 22 heavy (non-hydrogen) atoms. The van der Waals surface area contributed by atoms with E-state index in [0.29, 0.717) is 23.6 Å². The predicted octanol–water partition coefficient (Wildman–Crippen LogP) is 2.10. The molecule has 0 atom stereocenters. The van der Waals surface area contributed by atoms with Crippen molar-refractivity contribution in [2.24, 2.45) is 0 Å². The molecule has 0 saturated carbocycles. The van der Waals surface area contributed by atoms with Crippen molar-refractivity contribution in [2.45, 2.75) is 26.7 Å². The Hall–Kier alpha value is -2.44. The van der Waals surface area contributed by atoms with Crippen molar-refractivity contribution in [3.63, 3.8) is 0 Å². The standard InChI is InChI=1S/C15H24N4O3/c1-6-9-8-11(21-4)13(22-5)10(7-2)12(9)18-15(20)19-14(16)17-3/h8H,6-7H2,1-5H3,(H4,16,17,18,19,20). The van der Waals surface area contributed by atoms with Gasteiger partial charge in [-0.25, -0.2) is 4.79 Å². The Kier molecular flexibility index (Phi) is 6.49. The molecular formula is C15H24N4O3. The third-order valence-electron chi connectivity index (χ3n) is 3.31. The van der Waals surface area contributed by atoms with E-state index in [-0.39, 0.29) is 5.96 Å². The summed E-state index contributed by atoms with van der Waals surface area (Å²) in [5.74, 6) is 1.18. The van der Waals surface area contributed by atoms with E-state index in [0.717, 1.165) is 17.5 Å². The van der Waals surface area contributed by atoms with Crippen LogP contribution >= 0.6 is 0 Å². The van der Waals surface area contributed by atoms with Gasteiger partial charge in [-0.2, -0.15) is 0 Å². The van der Waals surface area contributed by atoms with Crippen LogP contribution in [0.25, 0.3) is 0 Å². The highest BCUT2D eigenvalue weighted by Crippen LogP contribution is 2.39. The molecule has 0 saturated heterocycles. The van der Waals surface area contributed by atoms with E-state index in [2.05, 4.69) is 16.0 Å². The number of methoxy groups -OCH3 is 2. The molecule has 0 aromatic heterocycles. The first-order valence-corrected chi connectivity index (χ1v) is 7.13. The van der Waals surface area contributed by atoms with E-state index in [1.807, 2.05) is 19.9 Å². The second-order valence-corrected chi connectivity index (χ2v) is 4.54. The van der Waals surface area contributed by atoms with Crippen LogP contribution in [0.3, 0.4) is 0 Å². The van der Waals surface area contributed by atoms with Gasteiger partial charge in [-0.15, -0.1) is 0 Å². The fourth-order valence-corrected chi connectivity index (χ4v) is 2.22. The monoisotopic (exact) mass is 308 g/mol. The molecule has 1 aromatic rings. The van der Waals surface area contributed by atoms with Crippen LogP contribution in [0.2, 0.25) is 0 Å². The molecule has 0 radical (unpaired) electrons. The van der Waals surface area contributed by atoms with Crippen LogP contribution in [-0.2, 0) is 12.8 Å². The summed E-state index contributed by atoms with van der Waals surface area (Å²) in [5, 5.41) is 15.2. The second kappa shape index (κ2) is 8.11. The van der Waals surface area contributed by atoms with E-state index in [1.54, 1.807) is 21.3 Å². The lowest BCUT2D eigenvalue weighted by Crippen LogP contribution is -2.40. The molecule has 0 spiro atoms. The van der Waals surface area contributed by atoms with Crippen LogP contribution < -0.4 is 25.4 Å². The first-order chi connectivity index (χ1) is 10.5. The molecule has 0 bridgehead atoms. The molecule has 7 heteroatoms. The zero-order valence-electron chi connectivity index (χ0n) is 13.7. The van der Waals surface area contributed by atoms with Gasteiger partial charge in [-0.1, -0.05) is 13.8 Å². The third-order valence-corrected chi connectivity index (χ3v) is 3.31. The molecule has 7 nitrogen and oxygen atoms in total. The number of carbonyl (C=O) groups is 1. The maximum absolute atomic E-state index is 12.0. The van der Waals surface area contributed by atoms with Crippen molar-refractivity contribution in [1.82, 2.24) is 10.6 Å². The van der Waals surface area contributed by atoms with Gasteiger partial charge in [0.25, 0.3) is 0 Å². The number of amides is 2. The van der Waals surface area contributed by atoms with E-state index in [9.17, 15) is 4.79 Å². The fraction of sp³-hybridized carbons (Fsp3) is 0.467. The first kappa shape index (κ1) is 17.6. The zero-order chi connectivity index (χ0) is 16.7. The number of hydrogen-bond acceptors (Lipinski definition) is 4. The summed E-state index contributed by atoms with van der Waals surface area (Å²) in [5.41, 5.74) is 2.51. The van der Waals surface area contributed by atoms with E-state index >= 15 is 0 Å². The van der Waals surface area contributed by atoms with Crippen molar-refractivity contribution in [3.05, 3.63) is 17.2 Å². The van der Waals surface area contributed by atoms with Gasteiger partial charge >= 0.3 is 6.03 Å². The number of ether oxygens (including phenoxy) is 2. The topological polar surface area (TPSA) is 95.5 Å². The van der Waals surface area contributed by atoms with Crippen molar-refractivity contribution in [3.8, 4) is 11.5 Å². The van der Waals surface area contributed by atoms with Gasteiger partial charge in [0, 0.05) is 12.6 Å². The van der Waals surface area contributed by atoms with Crippen LogP contribution in [0.15, 0.2) is 6.07 Å². The van der Waals surface area contributed by atoms with Gasteiger partial charge in [0.2, 0.25) is 0 Å². The quantitative estimate of drug-likeness (QED) is 0.495. The third kappa shape index (κ3) is 3.81. The molecule has 4 N–H and O–H groups in total. The molecule has 0 aliphatic carbocycles. The van der Waals surface area contributed by atoms with Gasteiger partial charge in [-0.3, -0.25) is 10.7 Å². The zero-order valence-corrected chi connectivity index (χ0v) is 13.7. The Balaban J connectivity index is 3.26.